The van der Waals surface area contributed by atoms with Crippen LogP contribution in [0.2, 0.25) is 0 Å². The number of amides is 1. The van der Waals surface area contributed by atoms with Crippen molar-refractivity contribution in [3.63, 3.8) is 0 Å². The van der Waals surface area contributed by atoms with Gasteiger partial charge in [-0.05, 0) is 12.8 Å². The van der Waals surface area contributed by atoms with Crippen molar-refractivity contribution in [3.05, 3.63) is 28.1 Å². The second-order valence-electron chi connectivity index (χ2n) is 4.55. The molecular weight excluding hydrogens is 262 g/mol. The Hall–Kier alpha value is -1.89. The molecule has 0 aliphatic carbocycles. The fraction of sp³-hybridized carbons (Fsp3) is 0.615. The lowest BCUT2D eigenvalue weighted by atomic mass is 10.3. The lowest BCUT2D eigenvalue weighted by Gasteiger charge is -2.21. The summed E-state index contributed by atoms with van der Waals surface area (Å²) >= 11 is 0. The van der Waals surface area contributed by atoms with E-state index < -0.39 is 4.92 Å². The van der Waals surface area contributed by atoms with Crippen LogP contribution in [0.5, 0.6) is 0 Å². The number of aliphatic hydroxyl groups is 1. The quantitative estimate of drug-likeness (QED) is 0.580. The highest BCUT2D eigenvalue weighted by Crippen LogP contribution is 2.18. The summed E-state index contributed by atoms with van der Waals surface area (Å²) in [5, 5.41) is 19.9. The van der Waals surface area contributed by atoms with Crippen molar-refractivity contribution in [2.45, 2.75) is 33.2 Å². The summed E-state index contributed by atoms with van der Waals surface area (Å²) in [4.78, 5) is 24.3. The molecule has 0 fully saturated rings. The van der Waals surface area contributed by atoms with Gasteiger partial charge in [-0.3, -0.25) is 14.9 Å². The van der Waals surface area contributed by atoms with E-state index in [0.717, 1.165) is 12.8 Å². The van der Waals surface area contributed by atoms with Gasteiger partial charge in [0.1, 0.15) is 5.69 Å². The van der Waals surface area contributed by atoms with Crippen LogP contribution in [0.1, 0.15) is 37.2 Å². The lowest BCUT2D eigenvalue weighted by Crippen LogP contribution is -2.35. The number of hydrogen-bond donors (Lipinski definition) is 1. The van der Waals surface area contributed by atoms with Gasteiger partial charge in [0.2, 0.25) is 0 Å². The highest BCUT2D eigenvalue weighted by Gasteiger charge is 2.22. The van der Waals surface area contributed by atoms with E-state index in [9.17, 15) is 14.9 Å². The monoisotopic (exact) mass is 283 g/mol. The van der Waals surface area contributed by atoms with E-state index in [-0.39, 0.29) is 24.7 Å². The number of nitro groups is 1. The van der Waals surface area contributed by atoms with Gasteiger partial charge in [0, 0.05) is 25.7 Å². The third-order valence-corrected chi connectivity index (χ3v) is 2.93. The molecule has 112 valence electrons. The number of hydrogen-bond acceptors (Lipinski definition) is 4. The second-order valence-corrected chi connectivity index (χ2v) is 4.55. The summed E-state index contributed by atoms with van der Waals surface area (Å²) in [7, 11) is 0. The summed E-state index contributed by atoms with van der Waals surface area (Å²) in [5.41, 5.74) is 0.225. The van der Waals surface area contributed by atoms with Gasteiger partial charge in [0.05, 0.1) is 17.7 Å². The molecule has 0 saturated heterocycles. The van der Waals surface area contributed by atoms with E-state index in [1.165, 1.54) is 17.2 Å². The predicted octanol–water partition coefficient (Wildman–Crippen LogP) is 1.65. The van der Waals surface area contributed by atoms with E-state index in [2.05, 4.69) is 0 Å². The van der Waals surface area contributed by atoms with Gasteiger partial charge in [-0.25, -0.2) is 0 Å². The predicted molar refractivity (Wildman–Crippen MR) is 74.7 cm³/mol. The molecule has 0 unspecified atom stereocenters. The molecule has 7 heteroatoms. The molecule has 1 heterocycles. The Labute approximate surface area is 118 Å². The van der Waals surface area contributed by atoms with Gasteiger partial charge in [-0.2, -0.15) is 0 Å². The van der Waals surface area contributed by atoms with Gasteiger partial charge in [-0.15, -0.1) is 0 Å². The molecule has 0 saturated carbocycles. The minimum Gasteiger partial charge on any atom is -0.395 e. The number of rotatable bonds is 8. The van der Waals surface area contributed by atoms with Gasteiger partial charge in [0.15, 0.2) is 0 Å². The van der Waals surface area contributed by atoms with Crippen LogP contribution in [0.3, 0.4) is 0 Å². The van der Waals surface area contributed by atoms with Crippen molar-refractivity contribution in [1.29, 1.82) is 0 Å². The summed E-state index contributed by atoms with van der Waals surface area (Å²) in [6.07, 6.45) is 2.93. The molecule has 0 atom stereocenters. The number of aliphatic hydroxyl groups excluding tert-OH is 1. The third-order valence-electron chi connectivity index (χ3n) is 2.93. The molecule has 0 aliphatic rings. The fourth-order valence-corrected chi connectivity index (χ4v) is 2.07. The molecule has 1 amide bonds. The molecule has 0 aromatic carbocycles. The number of nitrogens with zero attached hydrogens (tertiary/aromatic N) is 3. The molecule has 1 aromatic heterocycles. The van der Waals surface area contributed by atoms with Crippen LogP contribution < -0.4 is 0 Å². The first-order valence-electron chi connectivity index (χ1n) is 6.79. The van der Waals surface area contributed by atoms with Crippen LogP contribution in [0.4, 0.5) is 5.69 Å². The standard InChI is InChI=1S/C13H21N3O4/c1-3-5-14(7-8-17)13(18)12-9-11(16(19)20)10-15(12)6-4-2/h9-10,17H,3-8H2,1-2H3. The van der Waals surface area contributed by atoms with Crippen molar-refractivity contribution < 1.29 is 14.8 Å². The van der Waals surface area contributed by atoms with Crippen LogP contribution in [-0.4, -0.2) is 45.1 Å². The third kappa shape index (κ3) is 3.80. The Morgan fingerprint density at radius 2 is 2.10 bits per heavy atom. The van der Waals surface area contributed by atoms with Crippen molar-refractivity contribution in [3.8, 4) is 0 Å². The minimum absolute atomic E-state index is 0.0813. The number of carbonyl (C=O) groups is 1. The Bertz CT molecular complexity index is 464. The smallest absolute Gasteiger partial charge is 0.287 e. The molecule has 0 spiro atoms. The average Bonchev–Trinajstić information content (AvgIpc) is 2.82. The van der Waals surface area contributed by atoms with E-state index >= 15 is 0 Å². The van der Waals surface area contributed by atoms with E-state index in [1.54, 1.807) is 4.57 Å². The molecule has 0 bridgehead atoms. The van der Waals surface area contributed by atoms with Crippen LogP contribution >= 0.6 is 0 Å². The maximum Gasteiger partial charge on any atom is 0.287 e. The maximum atomic E-state index is 12.4. The first-order chi connectivity index (χ1) is 9.54. The van der Waals surface area contributed by atoms with Crippen molar-refractivity contribution in [2.75, 3.05) is 19.7 Å². The van der Waals surface area contributed by atoms with Crippen molar-refractivity contribution >= 4 is 11.6 Å². The first-order valence-corrected chi connectivity index (χ1v) is 6.79. The Kier molecular flexibility index (Phi) is 6.17. The normalized spacial score (nSPS) is 10.6. The Balaban J connectivity index is 3.07. The number of carbonyl (C=O) groups excluding carboxylic acids is 1. The van der Waals surface area contributed by atoms with E-state index in [0.29, 0.717) is 18.8 Å². The zero-order valence-electron chi connectivity index (χ0n) is 11.9. The second kappa shape index (κ2) is 7.64. The van der Waals surface area contributed by atoms with Gasteiger partial charge >= 0.3 is 0 Å². The Morgan fingerprint density at radius 1 is 1.40 bits per heavy atom. The highest BCUT2D eigenvalue weighted by atomic mass is 16.6. The number of aromatic nitrogens is 1. The van der Waals surface area contributed by atoms with E-state index in [4.69, 9.17) is 5.11 Å². The summed E-state index contributed by atoms with van der Waals surface area (Å²) in [5.74, 6) is -0.276. The average molecular weight is 283 g/mol. The summed E-state index contributed by atoms with van der Waals surface area (Å²) < 4.78 is 1.61. The zero-order valence-corrected chi connectivity index (χ0v) is 11.9. The van der Waals surface area contributed by atoms with E-state index in [1.807, 2.05) is 13.8 Å². The summed E-state index contributed by atoms with van der Waals surface area (Å²) in [6, 6.07) is 1.30. The first kappa shape index (κ1) is 16.2. The van der Waals surface area contributed by atoms with Gasteiger partial charge < -0.3 is 14.6 Å². The van der Waals surface area contributed by atoms with Crippen LogP contribution in [-0.2, 0) is 6.54 Å². The Morgan fingerprint density at radius 3 is 2.60 bits per heavy atom. The van der Waals surface area contributed by atoms with Crippen LogP contribution in [0, 0.1) is 10.1 Å². The topological polar surface area (TPSA) is 88.6 Å². The SMILES string of the molecule is CCCN(CCO)C(=O)c1cc([N+](=O)[O-])cn1CCC. The molecule has 0 radical (unpaired) electrons. The molecule has 20 heavy (non-hydrogen) atoms. The molecular formula is C13H21N3O4. The zero-order chi connectivity index (χ0) is 15.1. The molecule has 1 rings (SSSR count). The molecule has 1 aromatic rings. The molecule has 7 nitrogen and oxygen atoms in total. The van der Waals surface area contributed by atoms with Crippen LogP contribution in [0.15, 0.2) is 12.3 Å². The van der Waals surface area contributed by atoms with Gasteiger partial charge in [-0.1, -0.05) is 13.8 Å². The summed E-state index contributed by atoms with van der Waals surface area (Å²) in [6.45, 7) is 5.06. The van der Waals surface area contributed by atoms with Gasteiger partial charge in [0.25, 0.3) is 11.6 Å². The van der Waals surface area contributed by atoms with Crippen LogP contribution in [0.25, 0.3) is 0 Å². The lowest BCUT2D eigenvalue weighted by molar-refractivity contribution is -0.384. The largest absolute Gasteiger partial charge is 0.395 e. The minimum atomic E-state index is -0.501. The van der Waals surface area contributed by atoms with Crippen molar-refractivity contribution in [2.24, 2.45) is 0 Å². The fourth-order valence-electron chi connectivity index (χ4n) is 2.07. The molecule has 0 aliphatic heterocycles. The molecule has 1 N–H and O–H groups in total. The van der Waals surface area contributed by atoms with Crippen molar-refractivity contribution in [1.82, 2.24) is 9.47 Å². The number of aryl methyl sites for hydroxylation is 1. The highest BCUT2D eigenvalue weighted by molar-refractivity contribution is 5.93. The maximum absolute atomic E-state index is 12.4.